The van der Waals surface area contributed by atoms with E-state index in [-0.39, 0.29) is 0 Å². The molecule has 340 valence electrons. The standard InChI is InChI=1S/C45H100N12/c1-13-46(14-2)28-25-31-52-40-54(32-26-29-47(15-3)16-4)44(55(41-52)33-27-30-48(17-5)18-6)45-56(38-36-50(21-9)22-10)42-53(35-34-49(19-7)20-8)43-57(45)39-37-51(23-11)24-12/h44-45H,13-43H2,1-12H3. The second-order valence-electron chi connectivity index (χ2n) is 16.7. The third kappa shape index (κ3) is 18.6. The van der Waals surface area contributed by atoms with Crippen LogP contribution >= 0.6 is 0 Å². The van der Waals surface area contributed by atoms with Crippen LogP contribution in [0, 0.1) is 0 Å². The molecule has 2 fully saturated rings. The van der Waals surface area contributed by atoms with Crippen molar-refractivity contribution in [1.82, 2.24) is 58.8 Å². The number of likely N-dealkylation sites (N-methyl/N-ethyl adjacent to an activating group) is 3. The highest BCUT2D eigenvalue weighted by Crippen LogP contribution is 2.28. The van der Waals surface area contributed by atoms with Crippen LogP contribution in [0.5, 0.6) is 0 Å². The van der Waals surface area contributed by atoms with Crippen molar-refractivity contribution < 1.29 is 0 Å². The SMILES string of the molecule is CCN(CC)CCCN1CN(CCCN(CC)CC)C(C2N(CCN(CC)CC)CN(CCN(CC)CC)CN2CCN(CC)CC)N(CCCN(CC)CC)C1. The van der Waals surface area contributed by atoms with Gasteiger partial charge < -0.3 is 29.4 Å². The minimum Gasteiger partial charge on any atom is -0.304 e. The van der Waals surface area contributed by atoms with E-state index < -0.39 is 0 Å². The molecule has 0 radical (unpaired) electrons. The van der Waals surface area contributed by atoms with Gasteiger partial charge in [0.15, 0.2) is 0 Å². The van der Waals surface area contributed by atoms with Gasteiger partial charge in [0.2, 0.25) is 0 Å². The molecule has 12 nitrogen and oxygen atoms in total. The number of hydrogen-bond donors (Lipinski definition) is 0. The van der Waals surface area contributed by atoms with Crippen molar-refractivity contribution in [2.75, 3.05) is 184 Å². The number of nitrogens with zero attached hydrogens (tertiary/aromatic N) is 12. The predicted octanol–water partition coefficient (Wildman–Crippen LogP) is 4.53. The van der Waals surface area contributed by atoms with E-state index in [9.17, 15) is 0 Å². The zero-order valence-corrected chi connectivity index (χ0v) is 40.4. The van der Waals surface area contributed by atoms with Gasteiger partial charge in [-0.2, -0.15) is 0 Å². The summed E-state index contributed by atoms with van der Waals surface area (Å²) in [5.41, 5.74) is 0. The summed E-state index contributed by atoms with van der Waals surface area (Å²) in [6.07, 6.45) is 4.39. The highest BCUT2D eigenvalue weighted by atomic mass is 15.6. The number of rotatable bonds is 34. The lowest BCUT2D eigenvalue weighted by atomic mass is 10.1. The van der Waals surface area contributed by atoms with Gasteiger partial charge in [-0.05, 0) is 117 Å². The molecule has 2 rings (SSSR count). The molecular formula is C45H100N12. The molecule has 0 saturated carbocycles. The average Bonchev–Trinajstić information content (AvgIpc) is 3.24. The van der Waals surface area contributed by atoms with Gasteiger partial charge in [-0.1, -0.05) is 83.1 Å². The summed E-state index contributed by atoms with van der Waals surface area (Å²) < 4.78 is 0. The maximum Gasteiger partial charge on any atom is 0.0943 e. The van der Waals surface area contributed by atoms with Crippen LogP contribution < -0.4 is 0 Å². The first-order valence-corrected chi connectivity index (χ1v) is 24.5. The fraction of sp³-hybridized carbons (Fsp3) is 1.00. The van der Waals surface area contributed by atoms with E-state index in [1.807, 2.05) is 0 Å². The molecule has 0 aliphatic carbocycles. The maximum atomic E-state index is 2.97. The van der Waals surface area contributed by atoms with Crippen molar-refractivity contribution in [2.45, 2.75) is 115 Å². The Kier molecular flexibility index (Phi) is 29.0. The van der Waals surface area contributed by atoms with E-state index in [1.165, 1.54) is 45.4 Å². The van der Waals surface area contributed by atoms with Gasteiger partial charge in [-0.15, -0.1) is 0 Å². The van der Waals surface area contributed by atoms with Crippen LogP contribution in [0.15, 0.2) is 0 Å². The van der Waals surface area contributed by atoms with E-state index in [2.05, 4.69) is 142 Å². The van der Waals surface area contributed by atoms with Crippen LogP contribution in [-0.2, 0) is 0 Å². The maximum absolute atomic E-state index is 2.97. The summed E-state index contributed by atoms with van der Waals surface area (Å²) in [6.45, 7) is 59.6. The molecule has 12 heteroatoms. The van der Waals surface area contributed by atoms with Crippen molar-refractivity contribution in [3.63, 3.8) is 0 Å². The van der Waals surface area contributed by atoms with E-state index in [1.54, 1.807) is 0 Å². The topological polar surface area (TPSA) is 38.9 Å². The summed E-state index contributed by atoms with van der Waals surface area (Å²) in [5.74, 6) is 0. The fourth-order valence-electron chi connectivity index (χ4n) is 9.34. The molecule has 2 saturated heterocycles. The lowest BCUT2D eigenvalue weighted by Crippen LogP contribution is -2.75. The van der Waals surface area contributed by atoms with Crippen LogP contribution in [-0.4, -0.2) is 255 Å². The van der Waals surface area contributed by atoms with Crippen molar-refractivity contribution in [1.29, 1.82) is 0 Å². The normalized spacial score (nSPS) is 18.4. The number of hydrogen-bond acceptors (Lipinski definition) is 12. The molecule has 0 atom stereocenters. The van der Waals surface area contributed by atoms with Gasteiger partial charge in [0.25, 0.3) is 0 Å². The van der Waals surface area contributed by atoms with Gasteiger partial charge in [0, 0.05) is 58.9 Å². The highest BCUT2D eigenvalue weighted by Gasteiger charge is 2.45. The molecule has 0 aromatic heterocycles. The minimum atomic E-state index is 0.348. The van der Waals surface area contributed by atoms with Crippen molar-refractivity contribution in [3.8, 4) is 0 Å². The molecule has 0 aromatic carbocycles. The fourth-order valence-corrected chi connectivity index (χ4v) is 9.34. The van der Waals surface area contributed by atoms with Crippen LogP contribution in [0.4, 0.5) is 0 Å². The van der Waals surface area contributed by atoms with E-state index >= 15 is 0 Å². The second kappa shape index (κ2) is 31.4. The molecule has 57 heavy (non-hydrogen) atoms. The van der Waals surface area contributed by atoms with Gasteiger partial charge in [-0.25, -0.2) is 0 Å². The zero-order chi connectivity index (χ0) is 42.0. The molecule has 0 amide bonds. The Morgan fingerprint density at radius 1 is 0.281 bits per heavy atom. The smallest absolute Gasteiger partial charge is 0.0943 e. The quantitative estimate of drug-likeness (QED) is 0.0919. The van der Waals surface area contributed by atoms with Gasteiger partial charge in [-0.3, -0.25) is 29.4 Å². The van der Waals surface area contributed by atoms with Crippen LogP contribution in [0.1, 0.15) is 102 Å². The van der Waals surface area contributed by atoms with Gasteiger partial charge in [0.05, 0.1) is 39.0 Å². The largest absolute Gasteiger partial charge is 0.304 e. The third-order valence-corrected chi connectivity index (χ3v) is 13.6. The van der Waals surface area contributed by atoms with E-state index in [0.717, 1.165) is 158 Å². The van der Waals surface area contributed by atoms with Crippen LogP contribution in [0.25, 0.3) is 0 Å². The average molecular weight is 809 g/mol. The summed E-state index contributed by atoms with van der Waals surface area (Å²) in [7, 11) is 0. The van der Waals surface area contributed by atoms with Crippen LogP contribution in [0.2, 0.25) is 0 Å². The Morgan fingerprint density at radius 2 is 0.509 bits per heavy atom. The molecule has 0 unspecified atom stereocenters. The van der Waals surface area contributed by atoms with Gasteiger partial charge in [0.1, 0.15) is 0 Å². The summed E-state index contributed by atoms with van der Waals surface area (Å²) in [4.78, 5) is 33.2. The summed E-state index contributed by atoms with van der Waals surface area (Å²) in [5, 5.41) is 0. The van der Waals surface area contributed by atoms with E-state index in [4.69, 9.17) is 0 Å². The molecule has 0 aromatic rings. The van der Waals surface area contributed by atoms with Gasteiger partial charge >= 0.3 is 0 Å². The molecule has 0 spiro atoms. The minimum absolute atomic E-state index is 0.348. The van der Waals surface area contributed by atoms with Crippen LogP contribution in [0.3, 0.4) is 0 Å². The Balaban J connectivity index is 2.66. The molecule has 2 aliphatic rings. The molecule has 0 bridgehead atoms. The predicted molar refractivity (Wildman–Crippen MR) is 248 cm³/mol. The summed E-state index contributed by atoms with van der Waals surface area (Å²) >= 11 is 0. The zero-order valence-electron chi connectivity index (χ0n) is 40.4. The summed E-state index contributed by atoms with van der Waals surface area (Å²) in [6, 6.07) is 0. The Labute approximate surface area is 356 Å². The lowest BCUT2D eigenvalue weighted by molar-refractivity contribution is -0.188. The lowest BCUT2D eigenvalue weighted by Gasteiger charge is -2.59. The van der Waals surface area contributed by atoms with Crippen molar-refractivity contribution >= 4 is 0 Å². The Morgan fingerprint density at radius 3 is 0.807 bits per heavy atom. The first kappa shape index (κ1) is 52.7. The second-order valence-corrected chi connectivity index (χ2v) is 16.7. The highest BCUT2D eigenvalue weighted by molar-refractivity contribution is 4.94. The monoisotopic (exact) mass is 809 g/mol. The van der Waals surface area contributed by atoms with Crippen molar-refractivity contribution in [2.24, 2.45) is 0 Å². The third-order valence-electron chi connectivity index (χ3n) is 13.6. The first-order chi connectivity index (χ1) is 27.7. The van der Waals surface area contributed by atoms with Crippen molar-refractivity contribution in [3.05, 3.63) is 0 Å². The molecular weight excluding hydrogens is 709 g/mol. The Hall–Kier alpha value is -0.480. The Bertz CT molecular complexity index is 868. The van der Waals surface area contributed by atoms with E-state index in [0.29, 0.717) is 12.3 Å². The molecule has 0 N–H and O–H groups in total. The first-order valence-electron chi connectivity index (χ1n) is 24.5. The molecule has 2 heterocycles. The molecule has 2 aliphatic heterocycles.